The van der Waals surface area contributed by atoms with Gasteiger partial charge in [-0.25, -0.2) is 23.5 Å². The molecule has 2 N–H and O–H groups in total. The third-order valence-electron chi connectivity index (χ3n) is 6.51. The first kappa shape index (κ1) is 27.4. The van der Waals surface area contributed by atoms with Gasteiger partial charge < -0.3 is 15.2 Å². The standard InChI is InChI=1S/C26H23ClF2N4O4S2/c1-2-37-26(36)19-22(12-3-6-15-16(11-12)39-17(31-15)7-8-18(34)35)32-24(25-30-9-10-38-25)33-23(19)13-4-5-14(28)21(29)20(13)27/h4-5,9-10,12,23H,2-3,6-8,11H2,1H3,(H,32,33)(H,34,35). The predicted molar refractivity (Wildman–Crippen MR) is 143 cm³/mol. The fourth-order valence-corrected chi connectivity index (χ4v) is 6.78. The predicted octanol–water partition coefficient (Wildman–Crippen LogP) is 5.26. The van der Waals surface area contributed by atoms with Gasteiger partial charge in [-0.15, -0.1) is 22.7 Å². The highest BCUT2D eigenvalue weighted by atomic mass is 35.5. The molecule has 0 radical (unpaired) electrons. The minimum Gasteiger partial charge on any atom is -0.481 e. The molecular weight excluding hydrogens is 570 g/mol. The molecule has 0 bridgehead atoms. The van der Waals surface area contributed by atoms with Gasteiger partial charge in [0, 0.05) is 40.1 Å². The highest BCUT2D eigenvalue weighted by Crippen LogP contribution is 2.42. The van der Waals surface area contributed by atoms with Crippen molar-refractivity contribution < 1.29 is 28.2 Å². The van der Waals surface area contributed by atoms with Gasteiger partial charge in [0.25, 0.3) is 0 Å². The zero-order chi connectivity index (χ0) is 27.7. The molecule has 0 saturated heterocycles. The summed E-state index contributed by atoms with van der Waals surface area (Å²) in [5, 5.41) is 15.0. The number of aromatic nitrogens is 2. The zero-order valence-corrected chi connectivity index (χ0v) is 23.1. The number of aryl methyl sites for hydroxylation is 2. The van der Waals surface area contributed by atoms with Crippen LogP contribution in [0.5, 0.6) is 0 Å². The average Bonchev–Trinajstić information content (AvgIpc) is 3.60. The average molecular weight is 593 g/mol. The van der Waals surface area contributed by atoms with Crippen LogP contribution in [0.1, 0.15) is 52.0 Å². The molecule has 0 saturated carbocycles. The number of thiazole rings is 2. The molecule has 1 aromatic carbocycles. The van der Waals surface area contributed by atoms with E-state index in [9.17, 15) is 18.4 Å². The van der Waals surface area contributed by atoms with Gasteiger partial charge in [0.1, 0.15) is 6.04 Å². The molecule has 2 unspecified atom stereocenters. The van der Waals surface area contributed by atoms with E-state index in [2.05, 4.69) is 15.3 Å². The number of carboxylic acid groups (broad SMARTS) is 1. The van der Waals surface area contributed by atoms with Gasteiger partial charge in [-0.05, 0) is 32.3 Å². The summed E-state index contributed by atoms with van der Waals surface area (Å²) in [5.41, 5.74) is 1.80. The van der Waals surface area contributed by atoms with Crippen molar-refractivity contribution in [3.63, 3.8) is 0 Å². The molecule has 0 spiro atoms. The molecule has 13 heteroatoms. The fraction of sp³-hybridized carbons (Fsp3) is 0.346. The normalized spacial score (nSPS) is 18.8. The Morgan fingerprint density at radius 1 is 1.31 bits per heavy atom. The second-order valence-electron chi connectivity index (χ2n) is 8.97. The van der Waals surface area contributed by atoms with Crippen LogP contribution < -0.4 is 5.32 Å². The molecular formula is C26H23ClF2N4O4S2. The molecule has 0 fully saturated rings. The first-order valence-electron chi connectivity index (χ1n) is 12.2. The van der Waals surface area contributed by atoms with Crippen molar-refractivity contribution in [1.82, 2.24) is 15.3 Å². The van der Waals surface area contributed by atoms with Gasteiger partial charge in [-0.2, -0.15) is 0 Å². The van der Waals surface area contributed by atoms with E-state index in [0.717, 1.165) is 21.6 Å². The van der Waals surface area contributed by atoms with Crippen molar-refractivity contribution in [2.24, 2.45) is 10.9 Å². The third-order valence-corrected chi connectivity index (χ3v) is 8.85. The number of carbonyl (C=O) groups is 2. The lowest BCUT2D eigenvalue weighted by Crippen LogP contribution is -2.38. The van der Waals surface area contributed by atoms with Gasteiger partial charge in [0.05, 0.1) is 34.3 Å². The number of carbonyl (C=O) groups excluding carboxylic acids is 1. The molecule has 2 aromatic heterocycles. The van der Waals surface area contributed by atoms with Gasteiger partial charge in [-0.3, -0.25) is 9.79 Å². The topological polar surface area (TPSA) is 114 Å². The smallest absolute Gasteiger partial charge is 0.338 e. The Bertz CT molecular complexity index is 1490. The maximum Gasteiger partial charge on any atom is 0.338 e. The van der Waals surface area contributed by atoms with E-state index >= 15 is 0 Å². The van der Waals surface area contributed by atoms with Gasteiger partial charge >= 0.3 is 11.9 Å². The molecule has 0 amide bonds. The lowest BCUT2D eigenvalue weighted by Gasteiger charge is -2.33. The number of aliphatic carboxylic acids is 1. The van der Waals surface area contributed by atoms with Crippen molar-refractivity contribution in [3.8, 4) is 0 Å². The summed E-state index contributed by atoms with van der Waals surface area (Å²) in [5.74, 6) is -3.63. The number of esters is 1. The summed E-state index contributed by atoms with van der Waals surface area (Å²) in [6.45, 7) is 1.79. The van der Waals surface area contributed by atoms with Gasteiger partial charge in [-0.1, -0.05) is 17.7 Å². The van der Waals surface area contributed by atoms with E-state index in [1.165, 1.54) is 28.7 Å². The van der Waals surface area contributed by atoms with Crippen LogP contribution in [0.2, 0.25) is 5.02 Å². The van der Waals surface area contributed by atoms with Crippen LogP contribution in [0, 0.1) is 17.6 Å². The van der Waals surface area contributed by atoms with E-state index in [1.807, 2.05) is 0 Å². The van der Waals surface area contributed by atoms with Crippen molar-refractivity contribution in [3.05, 3.63) is 77.8 Å². The molecule has 2 aliphatic rings. The van der Waals surface area contributed by atoms with Gasteiger partial charge in [0.2, 0.25) is 0 Å². The van der Waals surface area contributed by atoms with Crippen LogP contribution >= 0.6 is 34.3 Å². The SMILES string of the molecule is CCOC(=O)C1=C(C2CCc3nc(CCC(=O)O)sc3C2)NC(c2nccs2)=NC1c1ccc(F)c(F)c1Cl. The summed E-state index contributed by atoms with van der Waals surface area (Å²) in [4.78, 5) is 39.1. The quantitative estimate of drug-likeness (QED) is 0.271. The number of benzene rings is 1. The Morgan fingerprint density at radius 3 is 2.85 bits per heavy atom. The first-order chi connectivity index (χ1) is 18.8. The Morgan fingerprint density at radius 2 is 2.13 bits per heavy atom. The number of rotatable bonds is 8. The lowest BCUT2D eigenvalue weighted by atomic mass is 9.83. The van der Waals surface area contributed by atoms with Crippen LogP contribution in [-0.2, 0) is 33.6 Å². The molecule has 204 valence electrons. The maximum absolute atomic E-state index is 14.6. The van der Waals surface area contributed by atoms with E-state index in [1.54, 1.807) is 18.5 Å². The minimum atomic E-state index is -1.22. The van der Waals surface area contributed by atoms with E-state index < -0.39 is 34.6 Å². The molecule has 39 heavy (non-hydrogen) atoms. The molecule has 1 aliphatic heterocycles. The number of nitrogens with zero attached hydrogens (tertiary/aromatic N) is 3. The number of hydrogen-bond acceptors (Lipinski definition) is 9. The molecule has 2 atom stereocenters. The van der Waals surface area contributed by atoms with Crippen molar-refractivity contribution >= 4 is 52.0 Å². The monoisotopic (exact) mass is 592 g/mol. The van der Waals surface area contributed by atoms with Crippen LogP contribution in [0.3, 0.4) is 0 Å². The maximum atomic E-state index is 14.6. The summed E-state index contributed by atoms with van der Waals surface area (Å²) >= 11 is 9.08. The van der Waals surface area contributed by atoms with Crippen molar-refractivity contribution in [2.75, 3.05) is 6.61 Å². The number of amidine groups is 1. The Balaban J connectivity index is 1.60. The largest absolute Gasteiger partial charge is 0.481 e. The fourth-order valence-electron chi connectivity index (χ4n) is 4.74. The number of nitrogens with one attached hydrogen (secondary N) is 1. The number of fused-ring (bicyclic) bond motifs is 1. The van der Waals surface area contributed by atoms with Crippen molar-refractivity contribution in [2.45, 2.75) is 45.1 Å². The highest BCUT2D eigenvalue weighted by Gasteiger charge is 2.38. The number of carboxylic acids is 1. The van der Waals surface area contributed by atoms with Crippen LogP contribution in [0.4, 0.5) is 8.78 Å². The van der Waals surface area contributed by atoms with Crippen LogP contribution in [-0.4, -0.2) is 39.5 Å². The summed E-state index contributed by atoms with van der Waals surface area (Å²) < 4.78 is 33.9. The van der Waals surface area contributed by atoms with Crippen LogP contribution in [0.15, 0.2) is 40.0 Å². The second-order valence-corrected chi connectivity index (χ2v) is 11.4. The molecule has 3 aromatic rings. The Hall–Kier alpha value is -3.22. The summed E-state index contributed by atoms with van der Waals surface area (Å²) in [6.07, 6.45) is 3.80. The molecule has 8 nitrogen and oxygen atoms in total. The van der Waals surface area contributed by atoms with E-state index in [4.69, 9.17) is 26.4 Å². The second kappa shape index (κ2) is 11.5. The Kier molecular flexibility index (Phi) is 8.06. The molecule has 3 heterocycles. The minimum absolute atomic E-state index is 0.000155. The van der Waals surface area contributed by atoms with Crippen molar-refractivity contribution in [1.29, 1.82) is 0 Å². The molecule has 1 aliphatic carbocycles. The lowest BCUT2D eigenvalue weighted by molar-refractivity contribution is -0.139. The number of ether oxygens (including phenoxy) is 1. The van der Waals surface area contributed by atoms with Crippen LogP contribution in [0.25, 0.3) is 0 Å². The Labute approximate surface area is 235 Å². The highest BCUT2D eigenvalue weighted by molar-refractivity contribution is 7.12. The van der Waals surface area contributed by atoms with Gasteiger partial charge in [0.15, 0.2) is 22.5 Å². The van der Waals surface area contributed by atoms with E-state index in [-0.39, 0.29) is 30.1 Å². The number of aliphatic imine (C=N–C) groups is 1. The zero-order valence-electron chi connectivity index (χ0n) is 20.7. The van der Waals surface area contributed by atoms with E-state index in [0.29, 0.717) is 42.2 Å². The third kappa shape index (κ3) is 5.59. The molecule has 5 rings (SSSR count). The number of allylic oxidation sites excluding steroid dienone is 1. The summed E-state index contributed by atoms with van der Waals surface area (Å²) in [6, 6.07) is 1.23. The number of halogens is 3. The summed E-state index contributed by atoms with van der Waals surface area (Å²) in [7, 11) is 0. The first-order valence-corrected chi connectivity index (χ1v) is 14.3. The number of hydrogen-bond donors (Lipinski definition) is 2.